The van der Waals surface area contributed by atoms with E-state index in [1.807, 2.05) is 36.6 Å². The lowest BCUT2D eigenvalue weighted by atomic mass is 10.1. The summed E-state index contributed by atoms with van der Waals surface area (Å²) >= 11 is 7.30. The van der Waals surface area contributed by atoms with E-state index in [2.05, 4.69) is 10.3 Å². The first-order valence-corrected chi connectivity index (χ1v) is 7.97. The number of halogens is 1. The normalized spacial score (nSPS) is 10.5. The number of hydrogen-bond donors (Lipinski definition) is 1. The number of aromatic nitrogens is 1. The molecule has 1 heterocycles. The van der Waals surface area contributed by atoms with Gasteiger partial charge in [0.05, 0.1) is 5.69 Å². The zero-order chi connectivity index (χ0) is 15.5. The number of nitrogens with one attached hydrogen (secondary N) is 1. The molecule has 0 radical (unpaired) electrons. The van der Waals surface area contributed by atoms with Crippen molar-refractivity contribution in [3.63, 3.8) is 0 Å². The molecule has 0 unspecified atom stereocenters. The van der Waals surface area contributed by atoms with Crippen molar-refractivity contribution in [2.24, 2.45) is 0 Å². The van der Waals surface area contributed by atoms with Crippen molar-refractivity contribution in [2.75, 3.05) is 5.32 Å². The maximum atomic E-state index is 12.2. The largest absolute Gasteiger partial charge is 0.298 e. The Labute approximate surface area is 137 Å². The number of rotatable bonds is 3. The highest BCUT2D eigenvalue weighted by molar-refractivity contribution is 7.14. The van der Waals surface area contributed by atoms with E-state index >= 15 is 0 Å². The zero-order valence-electron chi connectivity index (χ0n) is 11.8. The van der Waals surface area contributed by atoms with Crippen molar-refractivity contribution in [1.82, 2.24) is 4.98 Å². The molecule has 3 rings (SSSR count). The molecule has 0 spiro atoms. The van der Waals surface area contributed by atoms with Crippen molar-refractivity contribution < 1.29 is 4.79 Å². The van der Waals surface area contributed by atoms with Crippen molar-refractivity contribution in [3.05, 3.63) is 70.1 Å². The Hall–Kier alpha value is -2.17. The van der Waals surface area contributed by atoms with Crippen LogP contribution in [0.25, 0.3) is 11.3 Å². The van der Waals surface area contributed by atoms with Crippen LogP contribution >= 0.6 is 22.9 Å². The summed E-state index contributed by atoms with van der Waals surface area (Å²) in [5, 5.41) is 5.83. The fourth-order valence-corrected chi connectivity index (χ4v) is 2.89. The van der Waals surface area contributed by atoms with Crippen LogP contribution in [-0.2, 0) is 0 Å². The van der Waals surface area contributed by atoms with Crippen molar-refractivity contribution in [1.29, 1.82) is 0 Å². The molecule has 3 aromatic rings. The minimum Gasteiger partial charge on any atom is -0.298 e. The Bertz CT molecular complexity index is 812. The Balaban J connectivity index is 1.77. The molecule has 0 bridgehead atoms. The number of amides is 1. The summed E-state index contributed by atoms with van der Waals surface area (Å²) in [7, 11) is 0. The molecule has 0 saturated heterocycles. The Kier molecular flexibility index (Phi) is 4.22. The number of anilines is 1. The molecule has 1 amide bonds. The summed E-state index contributed by atoms with van der Waals surface area (Å²) in [6.07, 6.45) is 0. The fourth-order valence-electron chi connectivity index (χ4n) is 1.99. The van der Waals surface area contributed by atoms with Crippen LogP contribution in [0.2, 0.25) is 5.02 Å². The van der Waals surface area contributed by atoms with Gasteiger partial charge in [-0.2, -0.15) is 0 Å². The first-order chi connectivity index (χ1) is 10.6. The van der Waals surface area contributed by atoms with Crippen LogP contribution in [0.15, 0.2) is 53.9 Å². The number of carbonyl (C=O) groups excluding carboxylic acids is 1. The zero-order valence-corrected chi connectivity index (χ0v) is 13.4. The molecule has 2 aromatic carbocycles. The van der Waals surface area contributed by atoms with E-state index in [-0.39, 0.29) is 5.91 Å². The van der Waals surface area contributed by atoms with E-state index in [0.717, 1.165) is 11.3 Å². The number of carbonyl (C=O) groups is 1. The van der Waals surface area contributed by atoms with Crippen molar-refractivity contribution in [2.45, 2.75) is 6.92 Å². The van der Waals surface area contributed by atoms with Gasteiger partial charge in [0, 0.05) is 21.5 Å². The minimum absolute atomic E-state index is 0.215. The van der Waals surface area contributed by atoms with Gasteiger partial charge in [-0.25, -0.2) is 4.98 Å². The van der Waals surface area contributed by atoms with Gasteiger partial charge in [0.2, 0.25) is 0 Å². The third kappa shape index (κ3) is 3.35. The maximum Gasteiger partial charge on any atom is 0.257 e. The topological polar surface area (TPSA) is 42.0 Å². The number of hydrogen-bond acceptors (Lipinski definition) is 3. The first kappa shape index (κ1) is 14.8. The van der Waals surface area contributed by atoms with Crippen LogP contribution in [0.1, 0.15) is 15.9 Å². The molecule has 0 atom stereocenters. The molecular weight excluding hydrogens is 316 g/mol. The van der Waals surface area contributed by atoms with E-state index < -0.39 is 0 Å². The van der Waals surface area contributed by atoms with Crippen LogP contribution in [0.5, 0.6) is 0 Å². The molecule has 0 aliphatic carbocycles. The van der Waals surface area contributed by atoms with Gasteiger partial charge in [-0.3, -0.25) is 10.1 Å². The summed E-state index contributed by atoms with van der Waals surface area (Å²) in [6, 6.07) is 15.0. The third-order valence-electron chi connectivity index (χ3n) is 3.16. The summed E-state index contributed by atoms with van der Waals surface area (Å²) in [5.41, 5.74) is 3.60. The first-order valence-electron chi connectivity index (χ1n) is 6.71. The maximum absolute atomic E-state index is 12.2. The molecule has 0 fully saturated rings. The molecule has 0 aliphatic rings. The molecule has 110 valence electrons. The number of nitrogens with zero attached hydrogens (tertiary/aromatic N) is 1. The van der Waals surface area contributed by atoms with E-state index in [9.17, 15) is 4.79 Å². The number of aryl methyl sites for hydroxylation is 1. The smallest absolute Gasteiger partial charge is 0.257 e. The van der Waals surface area contributed by atoms with Crippen LogP contribution in [0.4, 0.5) is 5.13 Å². The summed E-state index contributed by atoms with van der Waals surface area (Å²) in [5.74, 6) is -0.215. The predicted octanol–water partition coefficient (Wildman–Crippen LogP) is 5.02. The van der Waals surface area contributed by atoms with Crippen LogP contribution in [0, 0.1) is 6.92 Å². The lowest BCUT2D eigenvalue weighted by Gasteiger charge is -2.02. The summed E-state index contributed by atoms with van der Waals surface area (Å²) < 4.78 is 0. The molecule has 0 aliphatic heterocycles. The van der Waals surface area contributed by atoms with Gasteiger partial charge < -0.3 is 0 Å². The van der Waals surface area contributed by atoms with Crippen molar-refractivity contribution in [3.8, 4) is 11.3 Å². The SMILES string of the molecule is Cc1ccc(-c2csc(NC(=O)c3cccc(Cl)c3)n2)cc1. The van der Waals surface area contributed by atoms with Gasteiger partial charge in [0.15, 0.2) is 5.13 Å². The fraction of sp³-hybridized carbons (Fsp3) is 0.0588. The molecule has 3 nitrogen and oxygen atoms in total. The van der Waals surface area contributed by atoms with Gasteiger partial charge >= 0.3 is 0 Å². The highest BCUT2D eigenvalue weighted by Crippen LogP contribution is 2.25. The van der Waals surface area contributed by atoms with Gasteiger partial charge in [-0.1, -0.05) is 47.5 Å². The molecule has 5 heteroatoms. The average Bonchev–Trinajstić information content (AvgIpc) is 2.96. The highest BCUT2D eigenvalue weighted by atomic mass is 35.5. The molecule has 1 aromatic heterocycles. The molecule has 0 saturated carbocycles. The van der Waals surface area contributed by atoms with Crippen LogP contribution in [-0.4, -0.2) is 10.9 Å². The lowest BCUT2D eigenvalue weighted by Crippen LogP contribution is -2.11. The third-order valence-corrected chi connectivity index (χ3v) is 4.15. The minimum atomic E-state index is -0.215. The van der Waals surface area contributed by atoms with Gasteiger partial charge in [-0.15, -0.1) is 11.3 Å². The Morgan fingerprint density at radius 1 is 1.18 bits per heavy atom. The van der Waals surface area contributed by atoms with Crippen LogP contribution < -0.4 is 5.32 Å². The van der Waals surface area contributed by atoms with Crippen LogP contribution in [0.3, 0.4) is 0 Å². The summed E-state index contributed by atoms with van der Waals surface area (Å²) in [6.45, 7) is 2.04. The average molecular weight is 329 g/mol. The van der Waals surface area contributed by atoms with Gasteiger partial charge in [0.1, 0.15) is 0 Å². The molecule has 22 heavy (non-hydrogen) atoms. The Morgan fingerprint density at radius 3 is 2.68 bits per heavy atom. The molecular formula is C17H13ClN2OS. The van der Waals surface area contributed by atoms with Gasteiger partial charge in [0.25, 0.3) is 5.91 Å². The van der Waals surface area contributed by atoms with E-state index in [1.54, 1.807) is 24.3 Å². The highest BCUT2D eigenvalue weighted by Gasteiger charge is 2.10. The second-order valence-corrected chi connectivity index (χ2v) is 6.16. The predicted molar refractivity (Wildman–Crippen MR) is 91.7 cm³/mol. The Morgan fingerprint density at radius 2 is 1.95 bits per heavy atom. The second-order valence-electron chi connectivity index (χ2n) is 4.87. The summed E-state index contributed by atoms with van der Waals surface area (Å²) in [4.78, 5) is 16.6. The van der Waals surface area contributed by atoms with Gasteiger partial charge in [-0.05, 0) is 25.1 Å². The number of thiazole rings is 1. The van der Waals surface area contributed by atoms with E-state index in [4.69, 9.17) is 11.6 Å². The van der Waals surface area contributed by atoms with E-state index in [1.165, 1.54) is 16.9 Å². The second kappa shape index (κ2) is 6.30. The monoisotopic (exact) mass is 328 g/mol. The molecule has 1 N–H and O–H groups in total. The number of benzene rings is 2. The lowest BCUT2D eigenvalue weighted by molar-refractivity contribution is 0.102. The standard InChI is InChI=1S/C17H13ClN2OS/c1-11-5-7-12(8-6-11)15-10-22-17(19-15)20-16(21)13-3-2-4-14(18)9-13/h2-10H,1H3,(H,19,20,21). The van der Waals surface area contributed by atoms with Crippen molar-refractivity contribution >= 4 is 34.0 Å². The quantitative estimate of drug-likeness (QED) is 0.733. The van der Waals surface area contributed by atoms with E-state index in [0.29, 0.717) is 15.7 Å².